The van der Waals surface area contributed by atoms with Gasteiger partial charge in [0.05, 0.1) is 15.9 Å². The van der Waals surface area contributed by atoms with Crippen molar-refractivity contribution in [1.82, 2.24) is 19.2 Å². The Morgan fingerprint density at radius 3 is 2.46 bits per heavy atom. The molecule has 1 aliphatic carbocycles. The van der Waals surface area contributed by atoms with E-state index in [1.165, 1.54) is 17.1 Å². The molecule has 2 heterocycles. The van der Waals surface area contributed by atoms with Crippen molar-refractivity contribution in [2.75, 3.05) is 20.1 Å². The van der Waals surface area contributed by atoms with Gasteiger partial charge in [-0.1, -0.05) is 12.8 Å². The van der Waals surface area contributed by atoms with Crippen LogP contribution in [-0.4, -0.2) is 48.3 Å². The van der Waals surface area contributed by atoms with Crippen molar-refractivity contribution in [3.63, 3.8) is 0 Å². The molecule has 0 bridgehead atoms. The summed E-state index contributed by atoms with van der Waals surface area (Å²) in [6.45, 7) is 2.73. The Morgan fingerprint density at radius 1 is 1.14 bits per heavy atom. The molecule has 2 aromatic rings. The maximum atomic E-state index is 13.1. The largest absolute Gasteiger partial charge is 0.359 e. The molecular formula is C20H28N4O3S. The fourth-order valence-corrected chi connectivity index (χ4v) is 6.18. The van der Waals surface area contributed by atoms with Gasteiger partial charge in [0, 0.05) is 32.1 Å². The normalized spacial score (nSPS) is 20.1. The topological polar surface area (TPSA) is 84.3 Å². The number of amides is 1. The number of imidazole rings is 1. The fraction of sp³-hybridized carbons (Fsp3) is 0.600. The molecule has 1 amide bonds. The monoisotopic (exact) mass is 404 g/mol. The average molecular weight is 405 g/mol. The van der Waals surface area contributed by atoms with Crippen molar-refractivity contribution in [3.05, 3.63) is 24.0 Å². The van der Waals surface area contributed by atoms with Crippen LogP contribution in [0.5, 0.6) is 0 Å². The molecule has 4 rings (SSSR count). The molecular weight excluding hydrogens is 376 g/mol. The second kappa shape index (κ2) is 7.48. The number of hydrogen-bond donors (Lipinski definition) is 1. The van der Waals surface area contributed by atoms with Gasteiger partial charge in [-0.15, -0.1) is 0 Å². The second-order valence-electron chi connectivity index (χ2n) is 7.91. The molecule has 7 nitrogen and oxygen atoms in total. The fourth-order valence-electron chi connectivity index (χ4n) is 4.69. The number of fused-ring (bicyclic) bond motifs is 1. The van der Waals surface area contributed by atoms with Crippen LogP contribution >= 0.6 is 0 Å². The van der Waals surface area contributed by atoms with Gasteiger partial charge < -0.3 is 9.88 Å². The Kier molecular flexibility index (Phi) is 5.18. The van der Waals surface area contributed by atoms with Gasteiger partial charge in [-0.3, -0.25) is 4.79 Å². The molecule has 1 saturated carbocycles. The molecule has 0 spiro atoms. The van der Waals surface area contributed by atoms with Crippen molar-refractivity contribution in [2.24, 2.45) is 5.92 Å². The molecule has 28 heavy (non-hydrogen) atoms. The first-order chi connectivity index (χ1) is 13.4. The predicted octanol–water partition coefficient (Wildman–Crippen LogP) is 2.61. The number of aromatic nitrogens is 2. The van der Waals surface area contributed by atoms with Crippen molar-refractivity contribution in [2.45, 2.75) is 56.4 Å². The van der Waals surface area contributed by atoms with E-state index in [0.29, 0.717) is 32.0 Å². The zero-order valence-electron chi connectivity index (χ0n) is 16.5. The first-order valence-corrected chi connectivity index (χ1v) is 11.6. The van der Waals surface area contributed by atoms with Gasteiger partial charge in [0.15, 0.2) is 0 Å². The quantitative estimate of drug-likeness (QED) is 0.849. The van der Waals surface area contributed by atoms with E-state index in [4.69, 9.17) is 0 Å². The lowest BCUT2D eigenvalue weighted by atomic mass is 9.97. The van der Waals surface area contributed by atoms with E-state index in [9.17, 15) is 13.2 Å². The summed E-state index contributed by atoms with van der Waals surface area (Å²) in [6.07, 6.45) is 5.90. The minimum Gasteiger partial charge on any atom is -0.359 e. The summed E-state index contributed by atoms with van der Waals surface area (Å²) in [7, 11) is -1.96. The lowest BCUT2D eigenvalue weighted by Gasteiger charge is -2.30. The Balaban J connectivity index is 1.59. The Bertz CT molecular complexity index is 984. The SMILES string of the molecule is CNC(=O)C1CCN(S(=O)(=O)c2ccc3c(c2)nc(C)n3C2CCCC2)CC1. The van der Waals surface area contributed by atoms with Gasteiger partial charge in [0.1, 0.15) is 5.82 Å². The maximum Gasteiger partial charge on any atom is 0.243 e. The highest BCUT2D eigenvalue weighted by molar-refractivity contribution is 7.89. The Morgan fingerprint density at radius 2 is 1.82 bits per heavy atom. The number of carbonyl (C=O) groups is 1. The minimum atomic E-state index is -3.58. The van der Waals surface area contributed by atoms with Crippen LogP contribution in [0.4, 0.5) is 0 Å². The molecule has 1 aromatic heterocycles. The van der Waals surface area contributed by atoms with E-state index < -0.39 is 10.0 Å². The highest BCUT2D eigenvalue weighted by Gasteiger charge is 2.32. The third-order valence-electron chi connectivity index (χ3n) is 6.24. The average Bonchev–Trinajstić information content (AvgIpc) is 3.33. The van der Waals surface area contributed by atoms with Crippen LogP contribution in [0, 0.1) is 12.8 Å². The van der Waals surface area contributed by atoms with Crippen LogP contribution in [0.1, 0.15) is 50.4 Å². The maximum absolute atomic E-state index is 13.1. The Labute approximate surface area is 166 Å². The highest BCUT2D eigenvalue weighted by Crippen LogP contribution is 2.34. The standard InChI is InChI=1S/C20H28N4O3S/c1-14-22-18-13-17(7-8-19(18)24(14)16-5-3-4-6-16)28(26,27)23-11-9-15(10-12-23)20(25)21-2/h7-8,13,15-16H,3-6,9-12H2,1-2H3,(H,21,25). The molecule has 2 fully saturated rings. The van der Waals surface area contributed by atoms with Crippen LogP contribution in [-0.2, 0) is 14.8 Å². The summed E-state index contributed by atoms with van der Waals surface area (Å²) in [5, 5.41) is 2.65. The molecule has 1 aromatic carbocycles. The van der Waals surface area contributed by atoms with Gasteiger partial charge in [-0.25, -0.2) is 13.4 Å². The molecule has 2 aliphatic rings. The zero-order chi connectivity index (χ0) is 19.9. The molecule has 1 N–H and O–H groups in total. The number of nitrogens with one attached hydrogen (secondary N) is 1. The van der Waals surface area contributed by atoms with Crippen LogP contribution in [0.25, 0.3) is 11.0 Å². The minimum absolute atomic E-state index is 0.00797. The van der Waals surface area contributed by atoms with Crippen LogP contribution in [0.2, 0.25) is 0 Å². The van der Waals surface area contributed by atoms with E-state index in [1.54, 1.807) is 19.2 Å². The number of carbonyl (C=O) groups excluding carboxylic acids is 1. The van der Waals surface area contributed by atoms with E-state index in [2.05, 4.69) is 14.9 Å². The number of benzene rings is 1. The summed E-state index contributed by atoms with van der Waals surface area (Å²) in [4.78, 5) is 16.7. The van der Waals surface area contributed by atoms with E-state index in [0.717, 1.165) is 29.7 Å². The summed E-state index contributed by atoms with van der Waals surface area (Å²) < 4.78 is 30.0. The van der Waals surface area contributed by atoms with Gasteiger partial charge >= 0.3 is 0 Å². The number of hydrogen-bond acceptors (Lipinski definition) is 4. The van der Waals surface area contributed by atoms with E-state index in [-0.39, 0.29) is 16.7 Å². The summed E-state index contributed by atoms with van der Waals surface area (Å²) in [6, 6.07) is 5.78. The van der Waals surface area contributed by atoms with Crippen LogP contribution < -0.4 is 5.32 Å². The smallest absolute Gasteiger partial charge is 0.243 e. The first kappa shape index (κ1) is 19.4. The van der Waals surface area contributed by atoms with Crippen molar-refractivity contribution >= 4 is 27.0 Å². The van der Waals surface area contributed by atoms with Gasteiger partial charge in [0.25, 0.3) is 0 Å². The van der Waals surface area contributed by atoms with Gasteiger partial charge in [-0.05, 0) is 50.8 Å². The van der Waals surface area contributed by atoms with Gasteiger partial charge in [0.2, 0.25) is 15.9 Å². The van der Waals surface area contributed by atoms with Crippen molar-refractivity contribution in [3.8, 4) is 0 Å². The zero-order valence-corrected chi connectivity index (χ0v) is 17.3. The molecule has 0 unspecified atom stereocenters. The first-order valence-electron chi connectivity index (χ1n) is 10.1. The van der Waals surface area contributed by atoms with Crippen LogP contribution in [0.3, 0.4) is 0 Å². The third-order valence-corrected chi connectivity index (χ3v) is 8.13. The highest BCUT2D eigenvalue weighted by atomic mass is 32.2. The van der Waals surface area contributed by atoms with Crippen LogP contribution in [0.15, 0.2) is 23.1 Å². The van der Waals surface area contributed by atoms with Crippen molar-refractivity contribution < 1.29 is 13.2 Å². The Hall–Kier alpha value is -1.93. The predicted molar refractivity (Wildman–Crippen MR) is 108 cm³/mol. The van der Waals surface area contributed by atoms with Crippen molar-refractivity contribution in [1.29, 1.82) is 0 Å². The molecule has 0 radical (unpaired) electrons. The van der Waals surface area contributed by atoms with Gasteiger partial charge in [-0.2, -0.15) is 4.31 Å². The number of aryl methyl sites for hydroxylation is 1. The lowest BCUT2D eigenvalue weighted by Crippen LogP contribution is -2.42. The summed E-state index contributed by atoms with van der Waals surface area (Å²) in [5.41, 5.74) is 1.76. The second-order valence-corrected chi connectivity index (χ2v) is 9.85. The number of piperidine rings is 1. The lowest BCUT2D eigenvalue weighted by molar-refractivity contribution is -0.125. The number of nitrogens with zero attached hydrogens (tertiary/aromatic N) is 3. The molecule has 1 saturated heterocycles. The van der Waals surface area contributed by atoms with E-state index >= 15 is 0 Å². The van der Waals surface area contributed by atoms with E-state index in [1.807, 2.05) is 13.0 Å². The molecule has 1 aliphatic heterocycles. The number of rotatable bonds is 4. The third kappa shape index (κ3) is 3.33. The summed E-state index contributed by atoms with van der Waals surface area (Å²) in [5.74, 6) is 0.831. The number of sulfonamides is 1. The summed E-state index contributed by atoms with van der Waals surface area (Å²) >= 11 is 0. The molecule has 8 heteroatoms. The molecule has 152 valence electrons. The molecule has 0 atom stereocenters.